The highest BCUT2D eigenvalue weighted by molar-refractivity contribution is 7.18. The van der Waals surface area contributed by atoms with E-state index in [0.29, 0.717) is 11.9 Å². The van der Waals surface area contributed by atoms with Crippen molar-refractivity contribution in [2.75, 3.05) is 37.8 Å². The number of hydrogen-bond donors (Lipinski definition) is 1. The first kappa shape index (κ1) is 18.1. The minimum atomic E-state index is 0.116. The van der Waals surface area contributed by atoms with Gasteiger partial charge in [0.1, 0.15) is 0 Å². The van der Waals surface area contributed by atoms with E-state index in [9.17, 15) is 0 Å². The minimum absolute atomic E-state index is 0.116. The van der Waals surface area contributed by atoms with Gasteiger partial charge in [0.05, 0.1) is 21.3 Å². The normalized spacial score (nSPS) is 17.3. The van der Waals surface area contributed by atoms with Crippen LogP contribution in [0.25, 0.3) is 10.2 Å². The van der Waals surface area contributed by atoms with Crippen molar-refractivity contribution >= 4 is 33.5 Å². The Bertz CT molecular complexity index is 898. The zero-order valence-corrected chi connectivity index (χ0v) is 16.8. The molecule has 1 saturated heterocycles. The first-order valence-electron chi connectivity index (χ1n) is 9.29. The lowest BCUT2D eigenvalue weighted by Gasteiger charge is -2.34. The van der Waals surface area contributed by atoms with Crippen LogP contribution in [0.1, 0.15) is 42.6 Å². The van der Waals surface area contributed by atoms with Crippen LogP contribution in [-0.2, 0) is 0 Å². The quantitative estimate of drug-likeness (QED) is 0.741. The molecule has 2 N–H and O–H groups in total. The van der Waals surface area contributed by atoms with Crippen molar-refractivity contribution < 1.29 is 0 Å². The molecule has 3 aromatic rings. The Labute approximate surface area is 163 Å². The Morgan fingerprint density at radius 1 is 1.11 bits per heavy atom. The molecular formula is C19H25N7S. The molecule has 0 amide bonds. The molecular weight excluding hydrogens is 358 g/mol. The van der Waals surface area contributed by atoms with Crippen molar-refractivity contribution in [2.24, 2.45) is 0 Å². The lowest BCUT2D eigenvalue weighted by atomic mass is 9.96. The predicted molar refractivity (Wildman–Crippen MR) is 110 cm³/mol. The van der Waals surface area contributed by atoms with Gasteiger partial charge in [-0.2, -0.15) is 15.0 Å². The maximum Gasteiger partial charge on any atom is 0.229 e. The van der Waals surface area contributed by atoms with Gasteiger partial charge >= 0.3 is 0 Å². The van der Waals surface area contributed by atoms with Crippen LogP contribution in [0.3, 0.4) is 0 Å². The van der Waals surface area contributed by atoms with Crippen molar-refractivity contribution in [1.29, 1.82) is 0 Å². The molecule has 142 valence electrons. The average Bonchev–Trinajstić information content (AvgIpc) is 3.11. The number of nitrogen functional groups attached to an aromatic ring is 1. The van der Waals surface area contributed by atoms with Crippen LogP contribution in [0.15, 0.2) is 24.3 Å². The van der Waals surface area contributed by atoms with Crippen molar-refractivity contribution in [2.45, 2.75) is 31.7 Å². The summed E-state index contributed by atoms with van der Waals surface area (Å²) in [5, 5.41) is 1.27. The number of hydrogen-bond acceptors (Lipinski definition) is 8. The van der Waals surface area contributed by atoms with E-state index in [2.05, 4.69) is 51.0 Å². The minimum Gasteiger partial charge on any atom is -0.368 e. The zero-order valence-electron chi connectivity index (χ0n) is 16.0. The van der Waals surface area contributed by atoms with Gasteiger partial charge in [0.15, 0.2) is 5.82 Å². The molecule has 27 heavy (non-hydrogen) atoms. The molecule has 0 saturated carbocycles. The fraction of sp³-hybridized carbons (Fsp3) is 0.474. The molecule has 1 fully saturated rings. The molecule has 0 radical (unpaired) electrons. The smallest absolute Gasteiger partial charge is 0.229 e. The first-order valence-corrected chi connectivity index (χ1v) is 10.1. The van der Waals surface area contributed by atoms with E-state index in [-0.39, 0.29) is 12.0 Å². The third-order valence-electron chi connectivity index (χ3n) is 5.17. The third-order valence-corrected chi connectivity index (χ3v) is 6.37. The summed E-state index contributed by atoms with van der Waals surface area (Å²) in [6.07, 6.45) is 2.20. The predicted octanol–water partition coefficient (Wildman–Crippen LogP) is 3.07. The second-order valence-corrected chi connectivity index (χ2v) is 8.31. The number of nitrogens with two attached hydrogens (primary N) is 1. The van der Waals surface area contributed by atoms with Gasteiger partial charge in [0.25, 0.3) is 0 Å². The number of rotatable bonds is 4. The summed E-state index contributed by atoms with van der Waals surface area (Å²) in [5.74, 6) is 2.16. The number of likely N-dealkylation sites (tertiary alicyclic amines) is 1. The van der Waals surface area contributed by atoms with Crippen molar-refractivity contribution in [3.8, 4) is 0 Å². The van der Waals surface area contributed by atoms with Crippen LogP contribution in [-0.4, -0.2) is 52.0 Å². The van der Waals surface area contributed by atoms with Gasteiger partial charge in [0, 0.05) is 20.0 Å². The Morgan fingerprint density at radius 2 is 1.85 bits per heavy atom. The molecule has 1 atom stereocenters. The van der Waals surface area contributed by atoms with E-state index in [1.54, 1.807) is 0 Å². The fourth-order valence-corrected chi connectivity index (χ4v) is 4.68. The first-order chi connectivity index (χ1) is 13.0. The monoisotopic (exact) mass is 383 g/mol. The summed E-state index contributed by atoms with van der Waals surface area (Å²) in [6, 6.07) is 8.50. The van der Waals surface area contributed by atoms with Crippen LogP contribution in [0.5, 0.6) is 0 Å². The highest BCUT2D eigenvalue weighted by atomic mass is 32.1. The second kappa shape index (κ2) is 7.36. The van der Waals surface area contributed by atoms with Gasteiger partial charge in [-0.15, -0.1) is 11.3 Å². The molecule has 3 heterocycles. The molecule has 7 nitrogen and oxygen atoms in total. The van der Waals surface area contributed by atoms with Gasteiger partial charge in [-0.3, -0.25) is 4.90 Å². The van der Waals surface area contributed by atoms with E-state index < -0.39 is 0 Å². The molecule has 8 heteroatoms. The van der Waals surface area contributed by atoms with Crippen LogP contribution in [0.2, 0.25) is 0 Å². The third kappa shape index (κ3) is 3.72. The second-order valence-electron chi connectivity index (χ2n) is 7.25. The SMILES string of the molecule is C[C@@H](c1nc(N)nc(N(C)C)n1)N1CCC(c2nc3ccccc3s2)CC1. The summed E-state index contributed by atoms with van der Waals surface area (Å²) >= 11 is 1.83. The van der Waals surface area contributed by atoms with Crippen LogP contribution in [0.4, 0.5) is 11.9 Å². The van der Waals surface area contributed by atoms with Gasteiger partial charge in [-0.05, 0) is 45.0 Å². The lowest BCUT2D eigenvalue weighted by Crippen LogP contribution is -2.36. The number of aromatic nitrogens is 4. The summed E-state index contributed by atoms with van der Waals surface area (Å²) in [5.41, 5.74) is 7.00. The van der Waals surface area contributed by atoms with Crippen LogP contribution >= 0.6 is 11.3 Å². The van der Waals surface area contributed by atoms with E-state index in [1.165, 1.54) is 9.71 Å². The van der Waals surface area contributed by atoms with Crippen molar-refractivity contribution in [3.05, 3.63) is 35.1 Å². The number of para-hydroxylation sites is 1. The van der Waals surface area contributed by atoms with Crippen LogP contribution in [0, 0.1) is 0 Å². The maximum atomic E-state index is 5.89. The highest BCUT2D eigenvalue weighted by Crippen LogP contribution is 2.35. The largest absolute Gasteiger partial charge is 0.368 e. The van der Waals surface area contributed by atoms with E-state index in [4.69, 9.17) is 10.7 Å². The van der Waals surface area contributed by atoms with E-state index >= 15 is 0 Å². The molecule has 2 aromatic heterocycles. The number of piperidine rings is 1. The zero-order chi connectivity index (χ0) is 19.0. The van der Waals surface area contributed by atoms with Gasteiger partial charge in [0.2, 0.25) is 11.9 Å². The number of benzene rings is 1. The molecule has 1 aliphatic heterocycles. The van der Waals surface area contributed by atoms with Crippen molar-refractivity contribution in [3.63, 3.8) is 0 Å². The molecule has 0 unspecified atom stereocenters. The van der Waals surface area contributed by atoms with E-state index in [1.807, 2.05) is 30.3 Å². The maximum absolute atomic E-state index is 5.89. The Hall–Kier alpha value is -2.32. The van der Waals surface area contributed by atoms with E-state index in [0.717, 1.165) is 37.3 Å². The molecule has 0 bridgehead atoms. The molecule has 4 rings (SSSR count). The standard InChI is InChI=1S/C19H25N7S/c1-12(16-22-18(20)24-19(23-16)25(2)3)26-10-8-13(9-11-26)17-21-14-6-4-5-7-15(14)27-17/h4-7,12-13H,8-11H2,1-3H3,(H2,20,22,23,24)/t12-/m0/s1. The number of thiazole rings is 1. The van der Waals surface area contributed by atoms with Crippen LogP contribution < -0.4 is 10.6 Å². The topological polar surface area (TPSA) is 84.1 Å². The highest BCUT2D eigenvalue weighted by Gasteiger charge is 2.28. The summed E-state index contributed by atoms with van der Waals surface area (Å²) < 4.78 is 1.28. The number of anilines is 2. The van der Waals surface area contributed by atoms with Gasteiger partial charge in [-0.1, -0.05) is 12.1 Å². The Morgan fingerprint density at radius 3 is 2.56 bits per heavy atom. The number of fused-ring (bicyclic) bond motifs is 1. The molecule has 1 aromatic carbocycles. The van der Waals surface area contributed by atoms with Crippen molar-refractivity contribution in [1.82, 2.24) is 24.8 Å². The summed E-state index contributed by atoms with van der Waals surface area (Å²) in [6.45, 7) is 4.15. The Kier molecular flexibility index (Phi) is 4.92. The fourth-order valence-electron chi connectivity index (χ4n) is 3.55. The lowest BCUT2D eigenvalue weighted by molar-refractivity contribution is 0.157. The number of nitrogens with zero attached hydrogens (tertiary/aromatic N) is 6. The average molecular weight is 384 g/mol. The molecule has 0 spiro atoms. The molecule has 1 aliphatic rings. The Balaban J connectivity index is 1.45. The molecule has 0 aliphatic carbocycles. The summed E-state index contributed by atoms with van der Waals surface area (Å²) in [4.78, 5) is 22.3. The van der Waals surface area contributed by atoms with Gasteiger partial charge < -0.3 is 10.6 Å². The van der Waals surface area contributed by atoms with Gasteiger partial charge in [-0.25, -0.2) is 4.98 Å². The summed E-state index contributed by atoms with van der Waals surface area (Å²) in [7, 11) is 3.82.